The van der Waals surface area contributed by atoms with Crippen molar-refractivity contribution in [2.75, 3.05) is 32.4 Å². The average Bonchev–Trinajstić information content (AvgIpc) is 2.53. The van der Waals surface area contributed by atoms with Gasteiger partial charge in [0.15, 0.2) is 9.84 Å². The van der Waals surface area contributed by atoms with Crippen LogP contribution >= 0.6 is 0 Å². The van der Waals surface area contributed by atoms with Crippen LogP contribution in [0.2, 0.25) is 0 Å². The van der Waals surface area contributed by atoms with E-state index in [0.29, 0.717) is 18.7 Å². The van der Waals surface area contributed by atoms with E-state index in [2.05, 4.69) is 0 Å². The van der Waals surface area contributed by atoms with Crippen LogP contribution in [0.5, 0.6) is 0 Å². The monoisotopic (exact) mass is 342 g/mol. The summed E-state index contributed by atoms with van der Waals surface area (Å²) in [4.78, 5) is 27.4. The van der Waals surface area contributed by atoms with Crippen LogP contribution in [-0.2, 0) is 14.6 Å². The fourth-order valence-corrected chi connectivity index (χ4v) is 2.86. The lowest BCUT2D eigenvalue weighted by molar-refractivity contribution is -0.131. The Morgan fingerprint density at radius 3 is 2.00 bits per heavy atom. The Morgan fingerprint density at radius 1 is 1.04 bits per heavy atom. The van der Waals surface area contributed by atoms with Gasteiger partial charge in [-0.3, -0.25) is 9.59 Å². The van der Waals surface area contributed by atoms with Crippen molar-refractivity contribution in [3.63, 3.8) is 0 Å². The van der Waals surface area contributed by atoms with E-state index >= 15 is 0 Å². The Hall–Kier alpha value is -1.96. The number of piperazine rings is 1. The zero-order valence-corrected chi connectivity index (χ0v) is 13.8. The van der Waals surface area contributed by atoms with Crippen molar-refractivity contribution >= 4 is 21.7 Å². The predicted molar refractivity (Wildman–Crippen MR) is 83.2 cm³/mol. The molecule has 0 aromatic heterocycles. The van der Waals surface area contributed by atoms with Crippen molar-refractivity contribution in [1.29, 1.82) is 0 Å². The molecule has 8 heteroatoms. The Labute approximate surface area is 134 Å². The Morgan fingerprint density at radius 2 is 1.52 bits per heavy atom. The smallest absolute Gasteiger partial charge is 0.253 e. The molecule has 126 valence electrons. The molecule has 0 saturated carbocycles. The Kier molecular flexibility index (Phi) is 5.03. The molecule has 23 heavy (non-hydrogen) atoms. The summed E-state index contributed by atoms with van der Waals surface area (Å²) in [6, 6.07) is 5.28. The first-order chi connectivity index (χ1) is 10.7. The summed E-state index contributed by atoms with van der Waals surface area (Å²) in [5.41, 5.74) is 0.385. The number of rotatable bonds is 3. The molecule has 1 aliphatic heterocycles. The van der Waals surface area contributed by atoms with Crippen LogP contribution in [0.15, 0.2) is 24.3 Å². The van der Waals surface area contributed by atoms with Crippen LogP contribution in [-0.4, -0.2) is 67.7 Å². The van der Waals surface area contributed by atoms with E-state index in [1.165, 1.54) is 36.1 Å². The fraction of sp³-hybridized carbons (Fsp3) is 0.467. The standard InChI is InChI=1S/C15H19FN2O4S/c1-11(23(2,21)22)14(19)17-7-9-18(10-8-17)15(20)12-3-5-13(16)6-4-12/h3-6,11H,7-10H2,1-2H3. The van der Waals surface area contributed by atoms with Crippen molar-refractivity contribution in [3.8, 4) is 0 Å². The second kappa shape index (κ2) is 6.66. The van der Waals surface area contributed by atoms with Crippen LogP contribution < -0.4 is 0 Å². The van der Waals surface area contributed by atoms with Crippen LogP contribution in [0, 0.1) is 5.82 Å². The molecule has 1 aliphatic rings. The minimum absolute atomic E-state index is 0.228. The van der Waals surface area contributed by atoms with E-state index in [1.807, 2.05) is 0 Å². The first-order valence-corrected chi connectivity index (χ1v) is 9.18. The van der Waals surface area contributed by atoms with Crippen LogP contribution in [0.25, 0.3) is 0 Å². The van der Waals surface area contributed by atoms with Gasteiger partial charge in [-0.2, -0.15) is 0 Å². The molecule has 1 atom stereocenters. The van der Waals surface area contributed by atoms with Gasteiger partial charge in [0.05, 0.1) is 0 Å². The first-order valence-electron chi connectivity index (χ1n) is 7.22. The molecule has 2 rings (SSSR count). The summed E-state index contributed by atoms with van der Waals surface area (Å²) < 4.78 is 35.8. The van der Waals surface area contributed by atoms with Crippen molar-refractivity contribution in [2.24, 2.45) is 0 Å². The SMILES string of the molecule is CC(C(=O)N1CCN(C(=O)c2ccc(F)cc2)CC1)S(C)(=O)=O. The summed E-state index contributed by atoms with van der Waals surface area (Å²) in [5, 5.41) is -1.08. The van der Waals surface area contributed by atoms with Gasteiger partial charge in [-0.1, -0.05) is 0 Å². The average molecular weight is 342 g/mol. The maximum atomic E-state index is 12.9. The number of hydrogen-bond acceptors (Lipinski definition) is 4. The van der Waals surface area contributed by atoms with Crippen molar-refractivity contribution in [3.05, 3.63) is 35.6 Å². The van der Waals surface area contributed by atoms with Gasteiger partial charge in [-0.05, 0) is 31.2 Å². The van der Waals surface area contributed by atoms with Gasteiger partial charge in [-0.25, -0.2) is 12.8 Å². The molecular formula is C15H19FN2O4S. The van der Waals surface area contributed by atoms with Gasteiger partial charge in [-0.15, -0.1) is 0 Å². The van der Waals surface area contributed by atoms with Crippen molar-refractivity contribution in [1.82, 2.24) is 9.80 Å². The Bertz CT molecular complexity index is 695. The summed E-state index contributed by atoms with van der Waals surface area (Å²) in [6.07, 6.45) is 1.03. The quantitative estimate of drug-likeness (QED) is 0.804. The number of halogens is 1. The van der Waals surface area contributed by atoms with E-state index < -0.39 is 26.8 Å². The van der Waals surface area contributed by atoms with Crippen LogP contribution in [0.3, 0.4) is 0 Å². The highest BCUT2D eigenvalue weighted by atomic mass is 32.2. The highest BCUT2D eigenvalue weighted by molar-refractivity contribution is 7.92. The lowest BCUT2D eigenvalue weighted by atomic mass is 10.1. The molecule has 0 aliphatic carbocycles. The summed E-state index contributed by atoms with van der Waals surface area (Å²) >= 11 is 0. The third kappa shape index (κ3) is 4.07. The summed E-state index contributed by atoms with van der Waals surface area (Å²) in [7, 11) is -3.44. The lowest BCUT2D eigenvalue weighted by Gasteiger charge is -2.35. The first kappa shape index (κ1) is 17.4. The summed E-state index contributed by atoms with van der Waals surface area (Å²) in [5.74, 6) is -1.08. The number of amides is 2. The maximum absolute atomic E-state index is 12.9. The molecule has 2 amide bonds. The molecular weight excluding hydrogens is 323 g/mol. The molecule has 6 nitrogen and oxygen atoms in total. The predicted octanol–water partition coefficient (Wildman–Crippen LogP) is 0.543. The zero-order chi connectivity index (χ0) is 17.2. The fourth-order valence-electron chi connectivity index (χ4n) is 2.35. The van der Waals surface area contributed by atoms with Crippen molar-refractivity contribution < 1.29 is 22.4 Å². The highest BCUT2D eigenvalue weighted by Gasteiger charge is 2.31. The number of nitrogens with zero attached hydrogens (tertiary/aromatic N) is 2. The minimum atomic E-state index is -3.44. The Balaban J connectivity index is 1.97. The van der Waals surface area contributed by atoms with E-state index in [9.17, 15) is 22.4 Å². The minimum Gasteiger partial charge on any atom is -0.338 e. The van der Waals surface area contributed by atoms with E-state index in [1.54, 1.807) is 4.90 Å². The van der Waals surface area contributed by atoms with E-state index in [4.69, 9.17) is 0 Å². The maximum Gasteiger partial charge on any atom is 0.253 e. The van der Waals surface area contributed by atoms with Gasteiger partial charge in [0.1, 0.15) is 11.1 Å². The molecule has 0 bridgehead atoms. The van der Waals surface area contributed by atoms with Crippen molar-refractivity contribution in [2.45, 2.75) is 12.2 Å². The zero-order valence-electron chi connectivity index (χ0n) is 13.0. The molecule has 0 spiro atoms. The molecule has 1 unspecified atom stereocenters. The highest BCUT2D eigenvalue weighted by Crippen LogP contribution is 2.12. The molecule has 1 fully saturated rings. The third-order valence-electron chi connectivity index (χ3n) is 3.96. The van der Waals surface area contributed by atoms with Gasteiger partial charge in [0, 0.05) is 38.0 Å². The van der Waals surface area contributed by atoms with Gasteiger partial charge in [0.25, 0.3) is 5.91 Å². The number of sulfone groups is 1. The van der Waals surface area contributed by atoms with Gasteiger partial charge < -0.3 is 9.80 Å². The number of benzene rings is 1. The second-order valence-corrected chi connectivity index (χ2v) is 7.96. The topological polar surface area (TPSA) is 74.8 Å². The molecule has 1 saturated heterocycles. The van der Waals surface area contributed by atoms with Gasteiger partial charge >= 0.3 is 0 Å². The molecule has 1 heterocycles. The van der Waals surface area contributed by atoms with Crippen LogP contribution in [0.4, 0.5) is 4.39 Å². The number of hydrogen-bond donors (Lipinski definition) is 0. The number of carbonyl (C=O) groups excluding carboxylic acids is 2. The lowest BCUT2D eigenvalue weighted by Crippen LogP contribution is -2.53. The normalized spacial score (nSPS) is 17.0. The van der Waals surface area contributed by atoms with E-state index in [-0.39, 0.29) is 19.0 Å². The molecule has 0 radical (unpaired) electrons. The number of carbonyl (C=O) groups is 2. The molecule has 1 aromatic carbocycles. The van der Waals surface area contributed by atoms with E-state index in [0.717, 1.165) is 6.26 Å². The summed E-state index contributed by atoms with van der Waals surface area (Å²) in [6.45, 7) is 2.57. The molecule has 0 N–H and O–H groups in total. The largest absolute Gasteiger partial charge is 0.338 e. The molecule has 1 aromatic rings. The van der Waals surface area contributed by atoms with Crippen LogP contribution in [0.1, 0.15) is 17.3 Å². The third-order valence-corrected chi connectivity index (χ3v) is 5.45. The second-order valence-electron chi connectivity index (χ2n) is 5.60. The van der Waals surface area contributed by atoms with Gasteiger partial charge in [0.2, 0.25) is 5.91 Å².